The molecule has 0 radical (unpaired) electrons. The maximum absolute atomic E-state index is 12.9. The highest BCUT2D eigenvalue weighted by Crippen LogP contribution is 2.38. The number of aromatic nitrogens is 2. The molecule has 1 aromatic heterocycles. The van der Waals surface area contributed by atoms with Gasteiger partial charge in [0.1, 0.15) is 5.82 Å². The molecule has 1 amide bonds. The number of likely N-dealkylation sites (tertiary alicyclic amines) is 1. The van der Waals surface area contributed by atoms with Crippen LogP contribution in [0.15, 0.2) is 35.1 Å². The smallest absolute Gasteiger partial charge is 0.256 e. The lowest BCUT2D eigenvalue weighted by molar-refractivity contribution is 0.0603. The Morgan fingerprint density at radius 3 is 2.83 bits per heavy atom. The highest BCUT2D eigenvalue weighted by molar-refractivity contribution is 6.33. The molecule has 2 aromatic rings. The lowest BCUT2D eigenvalue weighted by Crippen LogP contribution is -2.45. The molecule has 0 spiro atoms. The topological polar surface area (TPSA) is 66.1 Å². The van der Waals surface area contributed by atoms with Crippen molar-refractivity contribution in [2.45, 2.75) is 32.2 Å². The van der Waals surface area contributed by atoms with Gasteiger partial charge in [0, 0.05) is 18.3 Å². The van der Waals surface area contributed by atoms with Crippen LogP contribution in [-0.4, -0.2) is 27.3 Å². The van der Waals surface area contributed by atoms with Crippen molar-refractivity contribution in [3.8, 4) is 0 Å². The molecule has 1 saturated heterocycles. The van der Waals surface area contributed by atoms with Gasteiger partial charge < -0.3 is 9.88 Å². The molecule has 0 bridgehead atoms. The average molecular weight is 332 g/mol. The Labute approximate surface area is 139 Å². The first-order valence-electron chi connectivity index (χ1n) is 7.57. The molecular formula is C17H18ClN3O2. The van der Waals surface area contributed by atoms with E-state index < -0.39 is 5.54 Å². The zero-order chi connectivity index (χ0) is 16.6. The number of aryl methyl sites for hydroxylation is 1. The number of aromatic amines is 1. The van der Waals surface area contributed by atoms with Gasteiger partial charge >= 0.3 is 0 Å². The minimum atomic E-state index is -0.637. The molecule has 1 aliphatic rings. The predicted molar refractivity (Wildman–Crippen MR) is 88.7 cm³/mol. The van der Waals surface area contributed by atoms with Gasteiger partial charge in [-0.25, -0.2) is 4.98 Å². The lowest BCUT2D eigenvalue weighted by atomic mass is 9.96. The van der Waals surface area contributed by atoms with Crippen molar-refractivity contribution < 1.29 is 4.79 Å². The highest BCUT2D eigenvalue weighted by Gasteiger charge is 2.43. The second-order valence-electron chi connectivity index (χ2n) is 6.05. The highest BCUT2D eigenvalue weighted by atomic mass is 35.5. The monoisotopic (exact) mass is 331 g/mol. The minimum Gasteiger partial charge on any atom is -0.326 e. The second kappa shape index (κ2) is 5.81. The van der Waals surface area contributed by atoms with Crippen molar-refractivity contribution >= 4 is 17.5 Å². The fourth-order valence-corrected chi connectivity index (χ4v) is 3.37. The van der Waals surface area contributed by atoms with E-state index in [-0.39, 0.29) is 11.5 Å². The number of carbonyl (C=O) groups is 1. The van der Waals surface area contributed by atoms with Crippen LogP contribution in [0, 0.1) is 6.92 Å². The van der Waals surface area contributed by atoms with E-state index in [4.69, 9.17) is 11.6 Å². The predicted octanol–water partition coefficient (Wildman–Crippen LogP) is 2.88. The molecule has 1 N–H and O–H groups in total. The number of H-pyrrole nitrogens is 1. The number of hydrogen-bond donors (Lipinski definition) is 1. The quantitative estimate of drug-likeness (QED) is 0.920. The lowest BCUT2D eigenvalue weighted by Gasteiger charge is -2.34. The summed E-state index contributed by atoms with van der Waals surface area (Å²) in [6.45, 7) is 4.32. The van der Waals surface area contributed by atoms with Crippen molar-refractivity contribution in [2.75, 3.05) is 6.54 Å². The molecule has 2 heterocycles. The zero-order valence-electron chi connectivity index (χ0n) is 13.1. The second-order valence-corrected chi connectivity index (χ2v) is 6.46. The van der Waals surface area contributed by atoms with E-state index in [0.717, 1.165) is 12.8 Å². The van der Waals surface area contributed by atoms with Crippen molar-refractivity contribution in [2.24, 2.45) is 0 Å². The number of carbonyl (C=O) groups excluding carboxylic acids is 1. The SMILES string of the molecule is Cc1cc(=O)[nH]c([C@@]2(C)CCCN2C(=O)c2ccccc2Cl)n1. The van der Waals surface area contributed by atoms with Gasteiger partial charge in [0.25, 0.3) is 11.5 Å². The number of halogens is 1. The van der Waals surface area contributed by atoms with Gasteiger partial charge in [-0.1, -0.05) is 23.7 Å². The first-order chi connectivity index (χ1) is 10.9. The maximum Gasteiger partial charge on any atom is 0.256 e. The molecule has 0 aliphatic carbocycles. The van der Waals surface area contributed by atoms with Crippen LogP contribution in [0.2, 0.25) is 5.02 Å². The molecule has 6 heteroatoms. The summed E-state index contributed by atoms with van der Waals surface area (Å²) in [5.41, 5.74) is 0.270. The number of hydrogen-bond acceptors (Lipinski definition) is 3. The zero-order valence-corrected chi connectivity index (χ0v) is 13.9. The number of amides is 1. The Morgan fingerprint density at radius 2 is 2.13 bits per heavy atom. The van der Waals surface area contributed by atoms with E-state index in [2.05, 4.69) is 9.97 Å². The summed E-state index contributed by atoms with van der Waals surface area (Å²) in [7, 11) is 0. The van der Waals surface area contributed by atoms with Gasteiger partial charge in [-0.3, -0.25) is 9.59 Å². The van der Waals surface area contributed by atoms with Crippen molar-refractivity contribution in [3.63, 3.8) is 0 Å². The van der Waals surface area contributed by atoms with Gasteiger partial charge in [-0.2, -0.15) is 0 Å². The molecule has 1 fully saturated rings. The molecule has 23 heavy (non-hydrogen) atoms. The third-order valence-corrected chi connectivity index (χ3v) is 4.70. The largest absolute Gasteiger partial charge is 0.326 e. The van der Waals surface area contributed by atoms with Crippen LogP contribution in [0.3, 0.4) is 0 Å². The molecule has 0 saturated carbocycles. The van der Waals surface area contributed by atoms with Crippen LogP contribution < -0.4 is 5.56 Å². The molecule has 3 rings (SSSR count). The number of nitrogens with one attached hydrogen (secondary N) is 1. The molecular weight excluding hydrogens is 314 g/mol. The van der Waals surface area contributed by atoms with Crippen LogP contribution in [-0.2, 0) is 5.54 Å². The normalized spacial score (nSPS) is 20.7. The summed E-state index contributed by atoms with van der Waals surface area (Å²) >= 11 is 6.17. The van der Waals surface area contributed by atoms with Crippen LogP contribution in [0.5, 0.6) is 0 Å². The minimum absolute atomic E-state index is 0.139. The Morgan fingerprint density at radius 1 is 1.39 bits per heavy atom. The van der Waals surface area contributed by atoms with Gasteiger partial charge in [0.15, 0.2) is 0 Å². The first kappa shape index (κ1) is 15.7. The molecule has 5 nitrogen and oxygen atoms in total. The summed E-state index contributed by atoms with van der Waals surface area (Å²) in [5, 5.41) is 0.428. The van der Waals surface area contributed by atoms with E-state index in [1.54, 1.807) is 36.1 Å². The number of rotatable bonds is 2. The van der Waals surface area contributed by atoms with Crippen molar-refractivity contribution in [3.05, 3.63) is 62.8 Å². The number of benzene rings is 1. The van der Waals surface area contributed by atoms with Gasteiger partial charge in [0.2, 0.25) is 0 Å². The van der Waals surface area contributed by atoms with Crippen LogP contribution in [0.4, 0.5) is 0 Å². The van der Waals surface area contributed by atoms with Crippen LogP contribution in [0.1, 0.15) is 41.6 Å². The summed E-state index contributed by atoms with van der Waals surface area (Å²) in [6, 6.07) is 8.45. The Balaban J connectivity index is 2.04. The van der Waals surface area contributed by atoms with Gasteiger partial charge in [0.05, 0.1) is 16.1 Å². The van der Waals surface area contributed by atoms with Gasteiger partial charge in [-0.05, 0) is 38.8 Å². The Kier molecular flexibility index (Phi) is 3.98. The summed E-state index contributed by atoms with van der Waals surface area (Å²) in [5.74, 6) is 0.389. The summed E-state index contributed by atoms with van der Waals surface area (Å²) in [4.78, 5) is 33.7. The third-order valence-electron chi connectivity index (χ3n) is 4.37. The van der Waals surface area contributed by atoms with E-state index in [1.165, 1.54) is 6.07 Å². The Hall–Kier alpha value is -2.14. The Bertz CT molecular complexity index is 817. The summed E-state index contributed by atoms with van der Waals surface area (Å²) < 4.78 is 0. The average Bonchev–Trinajstić information content (AvgIpc) is 2.89. The van der Waals surface area contributed by atoms with Crippen LogP contribution >= 0.6 is 11.6 Å². The van der Waals surface area contributed by atoms with Gasteiger partial charge in [-0.15, -0.1) is 0 Å². The molecule has 1 aliphatic heterocycles. The van der Waals surface area contributed by atoms with Crippen LogP contribution in [0.25, 0.3) is 0 Å². The fraction of sp³-hybridized carbons (Fsp3) is 0.353. The number of nitrogens with zero attached hydrogens (tertiary/aromatic N) is 2. The van der Waals surface area contributed by atoms with E-state index in [1.807, 2.05) is 6.92 Å². The van der Waals surface area contributed by atoms with Crippen molar-refractivity contribution in [1.29, 1.82) is 0 Å². The molecule has 1 aromatic carbocycles. The molecule has 0 unspecified atom stereocenters. The van der Waals surface area contributed by atoms with E-state index in [0.29, 0.717) is 28.6 Å². The van der Waals surface area contributed by atoms with E-state index >= 15 is 0 Å². The van der Waals surface area contributed by atoms with Crippen molar-refractivity contribution in [1.82, 2.24) is 14.9 Å². The standard InChI is InChI=1S/C17H18ClN3O2/c1-11-10-14(22)20-16(19-11)17(2)8-5-9-21(17)15(23)12-6-3-4-7-13(12)18/h3-4,6-7,10H,5,8-9H2,1-2H3,(H,19,20,22)/t17-/m1/s1. The molecule has 120 valence electrons. The van der Waals surface area contributed by atoms with E-state index in [9.17, 15) is 9.59 Å². The summed E-state index contributed by atoms with van der Waals surface area (Å²) in [6.07, 6.45) is 1.60. The fourth-order valence-electron chi connectivity index (χ4n) is 3.15. The molecule has 1 atom stereocenters. The first-order valence-corrected chi connectivity index (χ1v) is 7.94. The maximum atomic E-state index is 12.9. The third kappa shape index (κ3) is 2.77.